The van der Waals surface area contributed by atoms with Gasteiger partial charge in [-0.15, -0.1) is 0 Å². The van der Waals surface area contributed by atoms with Crippen LogP contribution in [-0.4, -0.2) is 48.8 Å². The molecule has 2 amide bonds. The molecule has 1 heterocycles. The lowest BCUT2D eigenvalue weighted by molar-refractivity contribution is -0.137. The lowest BCUT2D eigenvalue weighted by Crippen LogP contribution is -2.37. The van der Waals surface area contributed by atoms with Crippen LogP contribution in [0.2, 0.25) is 0 Å². The van der Waals surface area contributed by atoms with Gasteiger partial charge in [-0.2, -0.15) is 0 Å². The maximum atomic E-state index is 11.6. The number of hydrogen-bond donors (Lipinski definition) is 0. The van der Waals surface area contributed by atoms with Crippen molar-refractivity contribution in [2.24, 2.45) is 0 Å². The van der Waals surface area contributed by atoms with E-state index in [1.165, 1.54) is 4.90 Å². The Morgan fingerprint density at radius 1 is 1.07 bits per heavy atom. The highest BCUT2D eigenvalue weighted by Crippen LogP contribution is 2.18. The first kappa shape index (κ1) is 10.9. The molecule has 0 aliphatic carbocycles. The highest BCUT2D eigenvalue weighted by Gasteiger charge is 2.32. The molecule has 0 aromatic rings. The first-order chi connectivity index (χ1) is 6.45. The molecule has 0 spiro atoms. The van der Waals surface area contributed by atoms with Gasteiger partial charge in [0.15, 0.2) is 0 Å². The van der Waals surface area contributed by atoms with Crippen LogP contribution in [0.1, 0.15) is 13.8 Å². The van der Waals surface area contributed by atoms with Gasteiger partial charge in [0.1, 0.15) is 0 Å². The van der Waals surface area contributed by atoms with E-state index in [9.17, 15) is 9.59 Å². The number of carbonyl (C=O) groups excluding carboxylic acids is 2. The molecule has 1 aliphatic rings. The molecule has 0 aromatic carbocycles. The van der Waals surface area contributed by atoms with Gasteiger partial charge in [-0.05, 0) is 27.9 Å². The van der Waals surface area contributed by atoms with E-state index >= 15 is 0 Å². The second-order valence-corrected chi connectivity index (χ2v) is 3.82. The fourth-order valence-electron chi connectivity index (χ4n) is 1.32. The minimum absolute atomic E-state index is 0.144. The minimum Gasteiger partial charge on any atom is -0.308 e. The van der Waals surface area contributed by atoms with Gasteiger partial charge in [-0.1, -0.05) is 0 Å². The third-order valence-electron chi connectivity index (χ3n) is 2.47. The van der Waals surface area contributed by atoms with Crippen molar-refractivity contribution in [3.8, 4) is 0 Å². The lowest BCUT2D eigenvalue weighted by Gasteiger charge is -2.17. The van der Waals surface area contributed by atoms with E-state index in [0.29, 0.717) is 24.2 Å². The van der Waals surface area contributed by atoms with E-state index in [0.717, 1.165) is 0 Å². The summed E-state index contributed by atoms with van der Waals surface area (Å²) < 4.78 is 0. The van der Waals surface area contributed by atoms with E-state index in [4.69, 9.17) is 0 Å². The van der Waals surface area contributed by atoms with E-state index in [2.05, 4.69) is 0 Å². The molecule has 0 atom stereocenters. The van der Waals surface area contributed by atoms with Crippen molar-refractivity contribution in [1.82, 2.24) is 9.80 Å². The summed E-state index contributed by atoms with van der Waals surface area (Å²) >= 11 is 0. The maximum absolute atomic E-state index is 11.6. The van der Waals surface area contributed by atoms with Crippen molar-refractivity contribution in [1.29, 1.82) is 0 Å². The zero-order chi connectivity index (χ0) is 10.9. The fourth-order valence-corrected chi connectivity index (χ4v) is 1.32. The van der Waals surface area contributed by atoms with Crippen LogP contribution in [-0.2, 0) is 9.59 Å². The predicted molar refractivity (Wildman–Crippen MR) is 53.6 cm³/mol. The van der Waals surface area contributed by atoms with Crippen molar-refractivity contribution in [2.75, 3.05) is 27.2 Å². The summed E-state index contributed by atoms with van der Waals surface area (Å²) in [4.78, 5) is 26.4. The predicted octanol–water partition coefficient (Wildman–Crippen LogP) is 0.253. The molecule has 0 aromatic heterocycles. The number of nitrogens with zero attached hydrogens (tertiary/aromatic N) is 2. The van der Waals surface area contributed by atoms with Crippen LogP contribution in [0, 0.1) is 0 Å². The molecule has 1 aliphatic heterocycles. The maximum Gasteiger partial charge on any atom is 0.256 e. The standard InChI is InChI=1S/C10H16N2O2/c1-7-8(2)10(14)12(9(7)13)6-5-11(3)4/h5-6H2,1-4H3. The van der Waals surface area contributed by atoms with E-state index in [1.807, 2.05) is 19.0 Å². The summed E-state index contributed by atoms with van der Waals surface area (Å²) in [6.07, 6.45) is 0. The van der Waals surface area contributed by atoms with Crippen molar-refractivity contribution in [2.45, 2.75) is 13.8 Å². The Morgan fingerprint density at radius 2 is 1.50 bits per heavy atom. The first-order valence-electron chi connectivity index (χ1n) is 4.63. The molecular weight excluding hydrogens is 180 g/mol. The number of amides is 2. The van der Waals surface area contributed by atoms with Crippen LogP contribution >= 0.6 is 0 Å². The molecule has 0 radical (unpaired) electrons. The largest absolute Gasteiger partial charge is 0.308 e. The monoisotopic (exact) mass is 196 g/mol. The van der Waals surface area contributed by atoms with Gasteiger partial charge in [-0.3, -0.25) is 14.5 Å². The average Bonchev–Trinajstić information content (AvgIpc) is 2.29. The van der Waals surface area contributed by atoms with Crippen LogP contribution in [0.5, 0.6) is 0 Å². The quantitative estimate of drug-likeness (QED) is 0.608. The highest BCUT2D eigenvalue weighted by atomic mass is 16.2. The molecule has 0 saturated carbocycles. The second-order valence-electron chi connectivity index (χ2n) is 3.82. The van der Waals surface area contributed by atoms with E-state index < -0.39 is 0 Å². The van der Waals surface area contributed by atoms with E-state index in [1.54, 1.807) is 13.8 Å². The molecule has 0 N–H and O–H groups in total. The van der Waals surface area contributed by atoms with Crippen molar-refractivity contribution < 1.29 is 9.59 Å². The summed E-state index contributed by atoms with van der Waals surface area (Å²) in [5, 5.41) is 0. The third kappa shape index (κ3) is 1.85. The smallest absolute Gasteiger partial charge is 0.256 e. The van der Waals surface area contributed by atoms with Crippen LogP contribution in [0.15, 0.2) is 11.1 Å². The van der Waals surface area contributed by atoms with Crippen molar-refractivity contribution >= 4 is 11.8 Å². The number of likely N-dealkylation sites (N-methyl/N-ethyl adjacent to an activating group) is 1. The second kappa shape index (κ2) is 3.92. The van der Waals surface area contributed by atoms with Gasteiger partial charge in [0, 0.05) is 24.2 Å². The Bertz CT molecular complexity index is 281. The Balaban J connectivity index is 2.68. The van der Waals surface area contributed by atoms with Crippen LogP contribution in [0.25, 0.3) is 0 Å². The molecule has 78 valence electrons. The molecule has 4 nitrogen and oxygen atoms in total. The molecule has 0 fully saturated rings. The average molecular weight is 196 g/mol. The summed E-state index contributed by atoms with van der Waals surface area (Å²) in [5.74, 6) is -0.288. The van der Waals surface area contributed by atoms with Gasteiger partial charge in [-0.25, -0.2) is 0 Å². The van der Waals surface area contributed by atoms with Gasteiger partial charge in [0.25, 0.3) is 11.8 Å². The lowest BCUT2D eigenvalue weighted by atomic mass is 10.2. The van der Waals surface area contributed by atoms with Gasteiger partial charge in [0.05, 0.1) is 0 Å². The third-order valence-corrected chi connectivity index (χ3v) is 2.47. The molecule has 0 saturated heterocycles. The zero-order valence-corrected chi connectivity index (χ0v) is 9.13. The Hall–Kier alpha value is -1.16. The fraction of sp³-hybridized carbons (Fsp3) is 0.600. The van der Waals surface area contributed by atoms with Crippen LogP contribution in [0.3, 0.4) is 0 Å². The SMILES string of the molecule is CC1=C(C)C(=O)N(CCN(C)C)C1=O. The molecule has 0 bridgehead atoms. The Kier molecular flexibility index (Phi) is 3.06. The summed E-state index contributed by atoms with van der Waals surface area (Å²) in [6, 6.07) is 0. The molecule has 0 unspecified atom stereocenters. The molecule has 1 rings (SSSR count). The van der Waals surface area contributed by atoms with Gasteiger partial charge < -0.3 is 4.90 Å². The summed E-state index contributed by atoms with van der Waals surface area (Å²) in [7, 11) is 3.83. The topological polar surface area (TPSA) is 40.6 Å². The normalized spacial score (nSPS) is 17.6. The number of imide groups is 1. The molecule has 14 heavy (non-hydrogen) atoms. The highest BCUT2D eigenvalue weighted by molar-refractivity contribution is 6.18. The number of hydrogen-bond acceptors (Lipinski definition) is 3. The van der Waals surface area contributed by atoms with Crippen LogP contribution in [0.4, 0.5) is 0 Å². The minimum atomic E-state index is -0.144. The molecule has 4 heteroatoms. The summed E-state index contributed by atoms with van der Waals surface area (Å²) in [5.41, 5.74) is 1.16. The van der Waals surface area contributed by atoms with E-state index in [-0.39, 0.29) is 11.8 Å². The van der Waals surface area contributed by atoms with Crippen LogP contribution < -0.4 is 0 Å². The molecular formula is C10H16N2O2. The van der Waals surface area contributed by atoms with Gasteiger partial charge in [0.2, 0.25) is 0 Å². The number of rotatable bonds is 3. The van der Waals surface area contributed by atoms with Crippen molar-refractivity contribution in [3.05, 3.63) is 11.1 Å². The van der Waals surface area contributed by atoms with Crippen molar-refractivity contribution in [3.63, 3.8) is 0 Å². The van der Waals surface area contributed by atoms with Gasteiger partial charge >= 0.3 is 0 Å². The Morgan fingerprint density at radius 3 is 1.86 bits per heavy atom. The number of carbonyl (C=O) groups is 2. The summed E-state index contributed by atoms with van der Waals surface area (Å²) in [6.45, 7) is 4.58. The first-order valence-corrected chi connectivity index (χ1v) is 4.63. The Labute approximate surface area is 84.2 Å². The zero-order valence-electron chi connectivity index (χ0n) is 9.13.